The number of benzene rings is 1. The molecule has 0 fully saturated rings. The van der Waals surface area contributed by atoms with Crippen molar-refractivity contribution >= 4 is 44.3 Å². The van der Waals surface area contributed by atoms with Gasteiger partial charge in [-0.05, 0) is 42.9 Å². The highest BCUT2D eigenvalue weighted by molar-refractivity contribution is 9.09. The third kappa shape index (κ3) is 3.52. The summed E-state index contributed by atoms with van der Waals surface area (Å²) >= 11 is 3.14. The van der Waals surface area contributed by atoms with Gasteiger partial charge in [0.25, 0.3) is 5.56 Å². The van der Waals surface area contributed by atoms with Gasteiger partial charge in [-0.2, -0.15) is 0 Å². The van der Waals surface area contributed by atoms with E-state index < -0.39 is 76.6 Å². The zero-order chi connectivity index (χ0) is 30.1. The van der Waals surface area contributed by atoms with Crippen LogP contribution >= 0.6 is 15.9 Å². The van der Waals surface area contributed by atoms with Crippen LogP contribution < -0.4 is 42.4 Å². The summed E-state index contributed by atoms with van der Waals surface area (Å²) < 4.78 is 5.28. The fourth-order valence-electron chi connectivity index (χ4n) is 6.23. The van der Waals surface area contributed by atoms with Crippen LogP contribution in [-0.2, 0) is 11.8 Å². The van der Waals surface area contributed by atoms with Crippen LogP contribution in [0.25, 0.3) is 28.4 Å². The summed E-state index contributed by atoms with van der Waals surface area (Å²) in [5.41, 5.74) is -5.79. The molecule has 6 rings (SSSR count). The van der Waals surface area contributed by atoms with Gasteiger partial charge in [-0.15, -0.1) is 0 Å². The number of hydrogen-bond donors (Lipinski definition) is 4. The highest BCUT2D eigenvalue weighted by Crippen LogP contribution is 2.54. The van der Waals surface area contributed by atoms with Gasteiger partial charge in [-0.3, -0.25) is 24.0 Å². The van der Waals surface area contributed by atoms with Gasteiger partial charge in [0.15, 0.2) is 11.2 Å². The lowest BCUT2D eigenvalue weighted by atomic mass is 9.78. The monoisotopic (exact) mass is 631 g/mol. The van der Waals surface area contributed by atoms with Crippen molar-refractivity contribution in [3.63, 3.8) is 0 Å². The number of aryl methyl sites for hydroxylation is 1. The second kappa shape index (κ2) is 9.66. The predicted octanol–water partition coefficient (Wildman–Crippen LogP) is 0.868. The number of ether oxygens (including phenoxy) is 1. The number of phenols is 1. The first kappa shape index (κ1) is 27.4. The molecule has 2 aromatic rings. The normalized spacial score (nSPS) is 17.9. The molecule has 1 heterocycles. The summed E-state index contributed by atoms with van der Waals surface area (Å²) in [7, 11) is 0. The fourth-order valence-corrected chi connectivity index (χ4v) is 6.39. The molecule has 4 aliphatic carbocycles. The molecule has 0 amide bonds. The number of allylic oxidation sites excluding steroid dienone is 3. The van der Waals surface area contributed by atoms with Gasteiger partial charge in [0, 0.05) is 22.7 Å². The molecule has 4 aliphatic rings. The number of aromatic hydroxyl groups is 1. The first-order valence-corrected chi connectivity index (χ1v) is 14.1. The van der Waals surface area contributed by atoms with E-state index in [9.17, 15) is 39.3 Å². The van der Waals surface area contributed by atoms with Crippen molar-refractivity contribution in [2.45, 2.75) is 25.2 Å². The minimum absolute atomic E-state index is 0.00925. The number of aromatic nitrogens is 1. The predicted molar refractivity (Wildman–Crippen MR) is 160 cm³/mol. The first-order chi connectivity index (χ1) is 20.1. The third-order valence-corrected chi connectivity index (χ3v) is 8.29. The summed E-state index contributed by atoms with van der Waals surface area (Å²) in [5.74, 6) is -2.42. The Balaban J connectivity index is 1.71. The van der Waals surface area contributed by atoms with Crippen molar-refractivity contribution < 1.29 is 20.1 Å². The van der Waals surface area contributed by atoms with E-state index in [1.54, 1.807) is 30.4 Å². The van der Waals surface area contributed by atoms with Gasteiger partial charge in [-0.25, -0.2) is 0 Å². The highest BCUT2D eigenvalue weighted by atomic mass is 79.9. The van der Waals surface area contributed by atoms with Crippen molar-refractivity contribution in [1.82, 2.24) is 4.98 Å². The highest BCUT2D eigenvalue weighted by Gasteiger charge is 2.53. The van der Waals surface area contributed by atoms with Crippen LogP contribution in [0.3, 0.4) is 0 Å². The van der Waals surface area contributed by atoms with E-state index in [4.69, 9.17) is 4.74 Å². The minimum atomic E-state index is -1.94. The van der Waals surface area contributed by atoms with Gasteiger partial charge in [0.2, 0.25) is 16.3 Å². The van der Waals surface area contributed by atoms with Crippen molar-refractivity contribution in [3.05, 3.63) is 125 Å². The summed E-state index contributed by atoms with van der Waals surface area (Å²) in [5, 5.41) is 32.5. The van der Waals surface area contributed by atoms with Crippen LogP contribution in [0.1, 0.15) is 30.2 Å². The number of aliphatic hydroxyl groups excluding tert-OH is 2. The van der Waals surface area contributed by atoms with E-state index >= 15 is 0 Å². The van der Waals surface area contributed by atoms with Gasteiger partial charge in [-0.1, -0.05) is 40.2 Å². The molecule has 0 saturated carbocycles. The smallest absolute Gasteiger partial charge is 0.260 e. The molecular formula is C31H22BrNO9. The number of aliphatic hydroxyl groups is 2. The molecule has 4 N–H and O–H groups in total. The molecule has 10 nitrogen and oxygen atoms in total. The lowest BCUT2D eigenvalue weighted by molar-refractivity contribution is 0.341. The Kier molecular flexibility index (Phi) is 6.30. The Morgan fingerprint density at radius 3 is 2.29 bits per heavy atom. The van der Waals surface area contributed by atoms with E-state index in [0.717, 1.165) is 6.07 Å². The number of hydrogen-bond acceptors (Lipinski definition) is 9. The quantitative estimate of drug-likeness (QED) is 0.184. The largest absolute Gasteiger partial charge is 0.510 e. The standard InChI is InChI=1S/C31H22BrNO9/c1-2-3-4-5-15-11-14-10-13-6-7-31(23(13)27(38)18(14)30(41)33-15)28(39)21-22(29(31)40)26(37)20-19(25(21)36)16(34)12-17(24(20)35)42-9-8-32/h2-5,10-12,38-40H,6-9H2,1H3,(H,33,41)/b3-2+,5-4+/t31-/m0/s1. The van der Waals surface area contributed by atoms with Crippen molar-refractivity contribution in [2.75, 3.05) is 11.9 Å². The number of halogens is 1. The maximum Gasteiger partial charge on any atom is 0.260 e. The average molecular weight is 632 g/mol. The van der Waals surface area contributed by atoms with E-state index in [1.165, 1.54) is 0 Å². The molecule has 1 atom stereocenters. The first-order valence-electron chi connectivity index (χ1n) is 13.0. The van der Waals surface area contributed by atoms with Crippen LogP contribution in [0.4, 0.5) is 0 Å². The molecule has 0 aliphatic heterocycles. The zero-order valence-electron chi connectivity index (χ0n) is 22.0. The van der Waals surface area contributed by atoms with E-state index in [-0.39, 0.29) is 30.4 Å². The summed E-state index contributed by atoms with van der Waals surface area (Å²) in [6, 6.07) is 4.14. The topological polar surface area (TPSA) is 171 Å². The second-order valence-electron chi connectivity index (χ2n) is 10.2. The molecule has 1 spiro atoms. The maximum absolute atomic E-state index is 13.7. The van der Waals surface area contributed by atoms with Crippen LogP contribution in [0.5, 0.6) is 11.5 Å². The molecule has 1 aromatic carbocycles. The van der Waals surface area contributed by atoms with Gasteiger partial charge in [0.05, 0.1) is 32.9 Å². The van der Waals surface area contributed by atoms with Crippen LogP contribution in [0.15, 0.2) is 60.4 Å². The van der Waals surface area contributed by atoms with Crippen molar-refractivity contribution in [3.8, 4) is 11.5 Å². The lowest BCUT2D eigenvalue weighted by Crippen LogP contribution is -2.52. The molecule has 212 valence electrons. The third-order valence-electron chi connectivity index (χ3n) is 7.97. The van der Waals surface area contributed by atoms with E-state index in [0.29, 0.717) is 22.0 Å². The molecule has 0 bridgehead atoms. The number of phenolic OH excluding ortho intramolecular Hbond substituents is 1. The van der Waals surface area contributed by atoms with Gasteiger partial charge >= 0.3 is 0 Å². The molecule has 0 unspecified atom stereocenters. The number of nitrogens with one attached hydrogen (secondary N) is 1. The molecule has 1 aromatic heterocycles. The van der Waals surface area contributed by atoms with Crippen LogP contribution in [-0.4, -0.2) is 32.2 Å². The lowest BCUT2D eigenvalue weighted by Gasteiger charge is -2.27. The number of pyridine rings is 1. The molecule has 11 heteroatoms. The van der Waals surface area contributed by atoms with Crippen LogP contribution in [0.2, 0.25) is 0 Å². The van der Waals surface area contributed by atoms with Gasteiger partial charge in [0.1, 0.15) is 22.7 Å². The fraction of sp³-hybridized carbons (Fsp3) is 0.194. The molecule has 0 radical (unpaired) electrons. The Bertz CT molecular complexity index is 2400. The Labute approximate surface area is 243 Å². The average Bonchev–Trinajstić information content (AvgIpc) is 3.44. The van der Waals surface area contributed by atoms with E-state index in [2.05, 4.69) is 20.9 Å². The number of aromatic amines is 1. The number of fused-ring (bicyclic) bond motifs is 4. The maximum atomic E-state index is 13.7. The number of rotatable bonds is 5. The van der Waals surface area contributed by atoms with Crippen LogP contribution in [0, 0.1) is 10.4 Å². The zero-order valence-corrected chi connectivity index (χ0v) is 23.6. The Morgan fingerprint density at radius 1 is 0.929 bits per heavy atom. The minimum Gasteiger partial charge on any atom is -0.510 e. The van der Waals surface area contributed by atoms with E-state index in [1.807, 2.05) is 13.0 Å². The number of alkyl halides is 1. The molecular weight excluding hydrogens is 610 g/mol. The summed E-state index contributed by atoms with van der Waals surface area (Å²) in [4.78, 5) is 69.1. The number of H-pyrrole nitrogens is 1. The summed E-state index contributed by atoms with van der Waals surface area (Å²) in [6.45, 7) is 1.85. The van der Waals surface area contributed by atoms with Gasteiger partial charge < -0.3 is 25.0 Å². The Hall–Kier alpha value is -4.77. The SMILES string of the molecule is C/C=C/C=C/c1cc2cc3c(c(O)c2c(=O)[nH]1)[C@@]1(CC3)C(O)=c2c(=O)c3c(=O)cc(OCCBr)c(=O)c=3c(=O)c2=C1O. The Morgan fingerprint density at radius 2 is 1.62 bits per heavy atom. The molecule has 42 heavy (non-hydrogen) atoms. The van der Waals surface area contributed by atoms with Crippen molar-refractivity contribution in [1.29, 1.82) is 0 Å². The summed E-state index contributed by atoms with van der Waals surface area (Å²) in [6.07, 6.45) is 7.15. The van der Waals surface area contributed by atoms with Crippen molar-refractivity contribution in [2.24, 2.45) is 0 Å². The molecule has 0 saturated heterocycles. The second-order valence-corrected chi connectivity index (χ2v) is 11.0.